The van der Waals surface area contributed by atoms with Crippen LogP contribution in [0.2, 0.25) is 0 Å². The zero-order valence-electron chi connectivity index (χ0n) is 15.7. The number of carbonyl (C=O) groups excluding carboxylic acids is 4. The van der Waals surface area contributed by atoms with Crippen molar-refractivity contribution in [3.05, 3.63) is 58.4 Å². The Kier molecular flexibility index (Phi) is 6.28. The summed E-state index contributed by atoms with van der Waals surface area (Å²) in [6.45, 7) is 5.79. The van der Waals surface area contributed by atoms with Gasteiger partial charge in [0, 0.05) is 16.8 Å². The molecule has 0 saturated carbocycles. The molecule has 1 aromatic heterocycles. The van der Waals surface area contributed by atoms with Crippen molar-refractivity contribution in [2.75, 3.05) is 6.61 Å². The van der Waals surface area contributed by atoms with Crippen molar-refractivity contribution in [1.82, 2.24) is 10.3 Å². The zero-order chi connectivity index (χ0) is 20.1. The van der Waals surface area contributed by atoms with Crippen LogP contribution >= 0.6 is 0 Å². The van der Waals surface area contributed by atoms with Crippen LogP contribution in [0.3, 0.4) is 0 Å². The second kappa shape index (κ2) is 8.44. The first-order chi connectivity index (χ1) is 12.7. The third-order valence-corrected chi connectivity index (χ3v) is 4.15. The van der Waals surface area contributed by atoms with Crippen LogP contribution in [0.1, 0.15) is 56.3 Å². The van der Waals surface area contributed by atoms with Gasteiger partial charge in [-0.3, -0.25) is 14.4 Å². The highest BCUT2D eigenvalue weighted by atomic mass is 16.5. The molecule has 2 N–H and O–H groups in total. The van der Waals surface area contributed by atoms with Crippen LogP contribution in [0.15, 0.2) is 30.3 Å². The summed E-state index contributed by atoms with van der Waals surface area (Å²) in [5.41, 5.74) is 2.26. The Balaban J connectivity index is 1.95. The number of hydrogen-bond acceptors (Lipinski definition) is 5. The molecule has 0 aliphatic carbocycles. The quantitative estimate of drug-likeness (QED) is 0.575. The maximum atomic E-state index is 12.3. The van der Waals surface area contributed by atoms with E-state index in [9.17, 15) is 19.2 Å². The summed E-state index contributed by atoms with van der Waals surface area (Å²) >= 11 is 0. The molecule has 7 heteroatoms. The molecule has 1 amide bonds. The molecule has 1 aromatic carbocycles. The van der Waals surface area contributed by atoms with Gasteiger partial charge < -0.3 is 15.0 Å². The molecule has 0 fully saturated rings. The first-order valence-corrected chi connectivity index (χ1v) is 8.48. The lowest BCUT2D eigenvalue weighted by Gasteiger charge is -2.13. The fourth-order valence-electron chi connectivity index (χ4n) is 2.82. The van der Waals surface area contributed by atoms with E-state index in [2.05, 4.69) is 10.3 Å². The molecule has 27 heavy (non-hydrogen) atoms. The molecule has 0 aliphatic rings. The number of aromatic nitrogens is 1. The van der Waals surface area contributed by atoms with E-state index in [4.69, 9.17) is 4.74 Å². The Labute approximate surface area is 157 Å². The Morgan fingerprint density at radius 3 is 2.30 bits per heavy atom. The first kappa shape index (κ1) is 20.1. The summed E-state index contributed by atoms with van der Waals surface area (Å²) in [6, 6.07) is 7.55. The highest BCUT2D eigenvalue weighted by molar-refractivity contribution is 6.04. The van der Waals surface area contributed by atoms with Gasteiger partial charge in [0.15, 0.2) is 12.4 Å². The van der Waals surface area contributed by atoms with E-state index in [0.29, 0.717) is 22.4 Å². The van der Waals surface area contributed by atoms with Crippen LogP contribution in [0.4, 0.5) is 0 Å². The fourth-order valence-corrected chi connectivity index (χ4v) is 2.82. The molecule has 0 saturated heterocycles. The van der Waals surface area contributed by atoms with Crippen LogP contribution in [0.25, 0.3) is 0 Å². The van der Waals surface area contributed by atoms with E-state index in [1.165, 1.54) is 13.8 Å². The van der Waals surface area contributed by atoms with Gasteiger partial charge in [0.05, 0.1) is 5.69 Å². The first-order valence-electron chi connectivity index (χ1n) is 8.48. The van der Waals surface area contributed by atoms with Crippen molar-refractivity contribution in [1.29, 1.82) is 0 Å². The number of aryl methyl sites for hydroxylation is 1. The second-order valence-electron chi connectivity index (χ2n) is 6.27. The van der Waals surface area contributed by atoms with Crippen molar-refractivity contribution in [2.24, 2.45) is 0 Å². The zero-order valence-corrected chi connectivity index (χ0v) is 15.7. The van der Waals surface area contributed by atoms with Gasteiger partial charge in [-0.2, -0.15) is 0 Å². The second-order valence-corrected chi connectivity index (χ2v) is 6.27. The molecule has 1 atom stereocenters. The summed E-state index contributed by atoms with van der Waals surface area (Å²) < 4.78 is 5.01. The number of H-pyrrole nitrogens is 1. The smallest absolute Gasteiger partial charge is 0.328 e. The number of carbonyl (C=O) groups is 4. The van der Waals surface area contributed by atoms with E-state index < -0.39 is 30.3 Å². The highest BCUT2D eigenvalue weighted by Gasteiger charge is 2.23. The fraction of sp³-hybridized carbons (Fsp3) is 0.300. The third-order valence-electron chi connectivity index (χ3n) is 4.15. The number of benzene rings is 1. The van der Waals surface area contributed by atoms with E-state index >= 15 is 0 Å². The van der Waals surface area contributed by atoms with Crippen LogP contribution in [0, 0.1) is 13.8 Å². The average molecular weight is 370 g/mol. The summed E-state index contributed by atoms with van der Waals surface area (Å²) in [5, 5.41) is 2.52. The summed E-state index contributed by atoms with van der Waals surface area (Å²) in [7, 11) is 0. The van der Waals surface area contributed by atoms with Crippen molar-refractivity contribution < 1.29 is 23.9 Å². The third kappa shape index (κ3) is 4.69. The number of ketones is 2. The Bertz CT molecular complexity index is 883. The summed E-state index contributed by atoms with van der Waals surface area (Å²) in [5.74, 6) is -1.72. The lowest BCUT2D eigenvalue weighted by molar-refractivity contribution is -0.144. The van der Waals surface area contributed by atoms with E-state index in [0.717, 1.165) is 0 Å². The minimum atomic E-state index is -0.912. The van der Waals surface area contributed by atoms with Gasteiger partial charge in [-0.1, -0.05) is 18.2 Å². The van der Waals surface area contributed by atoms with Crippen LogP contribution in [0.5, 0.6) is 0 Å². The van der Waals surface area contributed by atoms with E-state index in [1.807, 2.05) is 0 Å². The van der Waals surface area contributed by atoms with Gasteiger partial charge in [0.2, 0.25) is 5.78 Å². The van der Waals surface area contributed by atoms with E-state index in [1.54, 1.807) is 44.2 Å². The van der Waals surface area contributed by atoms with Crippen molar-refractivity contribution >= 4 is 23.4 Å². The topological polar surface area (TPSA) is 105 Å². The normalized spacial score (nSPS) is 11.6. The number of Topliss-reactive ketones (excluding diaryl/α,β-unsaturated/α-hetero) is 2. The van der Waals surface area contributed by atoms with Crippen LogP contribution in [-0.2, 0) is 9.53 Å². The molecule has 2 aromatic rings. The predicted octanol–water partition coefficient (Wildman–Crippen LogP) is 2.38. The maximum absolute atomic E-state index is 12.3. The van der Waals surface area contributed by atoms with E-state index in [-0.39, 0.29) is 11.5 Å². The number of nitrogens with one attached hydrogen (secondary N) is 2. The number of esters is 1. The minimum absolute atomic E-state index is 0.144. The molecule has 0 bridgehead atoms. The maximum Gasteiger partial charge on any atom is 0.328 e. The standard InChI is InChI=1S/C20H22N2O5/c1-11-17(14(4)23)12(2)21-18(11)16(24)10-27-20(26)13(3)22-19(25)15-8-6-5-7-9-15/h5-9,13,21H,10H2,1-4H3,(H,22,25)/t13-/m1/s1. The molecule has 0 aliphatic heterocycles. The van der Waals surface area contributed by atoms with Crippen molar-refractivity contribution in [2.45, 2.75) is 33.7 Å². The Hall–Kier alpha value is -3.22. The van der Waals surface area contributed by atoms with Crippen molar-refractivity contribution in [3.63, 3.8) is 0 Å². The number of ether oxygens (including phenoxy) is 1. The summed E-state index contributed by atoms with van der Waals surface area (Å²) in [4.78, 5) is 50.9. The number of aromatic amines is 1. The lowest BCUT2D eigenvalue weighted by Crippen LogP contribution is -2.40. The lowest BCUT2D eigenvalue weighted by atomic mass is 10.1. The van der Waals surface area contributed by atoms with Gasteiger partial charge in [-0.25, -0.2) is 4.79 Å². The molecular formula is C20H22N2O5. The largest absolute Gasteiger partial charge is 0.456 e. The average Bonchev–Trinajstić information content (AvgIpc) is 2.94. The number of rotatable bonds is 7. The van der Waals surface area contributed by atoms with Crippen LogP contribution in [-0.4, -0.2) is 41.1 Å². The minimum Gasteiger partial charge on any atom is -0.456 e. The molecule has 2 rings (SSSR count). The van der Waals surface area contributed by atoms with Gasteiger partial charge >= 0.3 is 5.97 Å². The summed E-state index contributed by atoms with van der Waals surface area (Å²) in [6.07, 6.45) is 0. The van der Waals surface area contributed by atoms with Gasteiger partial charge in [-0.15, -0.1) is 0 Å². The monoisotopic (exact) mass is 370 g/mol. The molecule has 1 heterocycles. The predicted molar refractivity (Wildman–Crippen MR) is 98.9 cm³/mol. The molecular weight excluding hydrogens is 348 g/mol. The molecule has 0 radical (unpaired) electrons. The Morgan fingerprint density at radius 2 is 1.74 bits per heavy atom. The Morgan fingerprint density at radius 1 is 1.11 bits per heavy atom. The molecule has 0 unspecified atom stereocenters. The van der Waals surface area contributed by atoms with Crippen molar-refractivity contribution in [3.8, 4) is 0 Å². The van der Waals surface area contributed by atoms with Gasteiger partial charge in [-0.05, 0) is 45.4 Å². The molecule has 7 nitrogen and oxygen atoms in total. The SMILES string of the molecule is CC(=O)c1c(C)[nH]c(C(=O)COC(=O)[C@@H](C)NC(=O)c2ccccc2)c1C. The van der Waals surface area contributed by atoms with Gasteiger partial charge in [0.25, 0.3) is 5.91 Å². The molecule has 142 valence electrons. The van der Waals surface area contributed by atoms with Crippen LogP contribution < -0.4 is 5.32 Å². The van der Waals surface area contributed by atoms with Gasteiger partial charge in [0.1, 0.15) is 6.04 Å². The highest BCUT2D eigenvalue weighted by Crippen LogP contribution is 2.19. The number of amides is 1. The number of hydrogen-bond donors (Lipinski definition) is 2. The molecule has 0 spiro atoms.